The highest BCUT2D eigenvalue weighted by Gasteiger charge is 2.11. The van der Waals surface area contributed by atoms with E-state index in [-0.39, 0.29) is 0 Å². The first-order chi connectivity index (χ1) is 9.13. The molecule has 4 heteroatoms. The van der Waals surface area contributed by atoms with Gasteiger partial charge in [-0.1, -0.05) is 41.1 Å². The lowest BCUT2D eigenvalue weighted by Crippen LogP contribution is -2.07. The molecule has 1 N–H and O–H groups in total. The van der Waals surface area contributed by atoms with Crippen LogP contribution in [0.2, 0.25) is 0 Å². The van der Waals surface area contributed by atoms with Crippen molar-refractivity contribution < 1.29 is 0 Å². The number of nitrogens with zero attached hydrogens (tertiary/aromatic N) is 2. The maximum Gasteiger partial charge on any atom is 0.162 e. The average molecular weight is 320 g/mol. The molecule has 0 aliphatic heterocycles. The molecule has 0 saturated carbocycles. The number of rotatable bonds is 4. The molecule has 0 spiro atoms. The van der Waals surface area contributed by atoms with Gasteiger partial charge in [0.1, 0.15) is 5.82 Å². The average Bonchev–Trinajstić information content (AvgIpc) is 2.41. The summed E-state index contributed by atoms with van der Waals surface area (Å²) in [6, 6.07) is 8.02. The molecule has 1 aromatic heterocycles. The molecule has 3 nitrogen and oxygen atoms in total. The number of nitrogens with one attached hydrogen (secondary N) is 1. The monoisotopic (exact) mass is 319 g/mol. The van der Waals surface area contributed by atoms with Gasteiger partial charge in [0.15, 0.2) is 5.82 Å². The molecule has 0 fully saturated rings. The van der Waals surface area contributed by atoms with Crippen LogP contribution in [-0.4, -0.2) is 16.5 Å². The van der Waals surface area contributed by atoms with Crippen molar-refractivity contribution in [2.24, 2.45) is 0 Å². The van der Waals surface area contributed by atoms with Crippen LogP contribution in [0.4, 0.5) is 5.82 Å². The lowest BCUT2D eigenvalue weighted by molar-refractivity contribution is 0.954. The minimum absolute atomic E-state index is 0.758. The van der Waals surface area contributed by atoms with Gasteiger partial charge >= 0.3 is 0 Å². The summed E-state index contributed by atoms with van der Waals surface area (Å²) in [7, 11) is 0. The Morgan fingerprint density at radius 2 is 1.89 bits per heavy atom. The Bertz CT molecular complexity index is 582. The van der Waals surface area contributed by atoms with E-state index in [9.17, 15) is 0 Å². The minimum atomic E-state index is 0.758. The Hall–Kier alpha value is -1.42. The van der Waals surface area contributed by atoms with Crippen LogP contribution in [0.25, 0.3) is 11.4 Å². The second kappa shape index (κ2) is 6.15. The van der Waals surface area contributed by atoms with Gasteiger partial charge < -0.3 is 5.32 Å². The minimum Gasteiger partial charge on any atom is -0.370 e. The third-order valence-electron chi connectivity index (χ3n) is 3.05. The van der Waals surface area contributed by atoms with Crippen molar-refractivity contribution >= 4 is 21.7 Å². The fraction of sp³-hybridized carbons (Fsp3) is 0.333. The zero-order chi connectivity index (χ0) is 13.8. The van der Waals surface area contributed by atoms with E-state index in [2.05, 4.69) is 45.1 Å². The van der Waals surface area contributed by atoms with E-state index in [1.807, 2.05) is 31.2 Å². The van der Waals surface area contributed by atoms with E-state index in [1.165, 1.54) is 0 Å². The lowest BCUT2D eigenvalue weighted by Gasteiger charge is -2.12. The predicted octanol–water partition coefficient (Wildman–Crippen LogP) is 4.34. The Labute approximate surface area is 122 Å². The Morgan fingerprint density at radius 1 is 1.16 bits per heavy atom. The molecule has 0 aliphatic rings. The van der Waals surface area contributed by atoms with Crippen molar-refractivity contribution in [3.05, 3.63) is 40.0 Å². The van der Waals surface area contributed by atoms with Crippen molar-refractivity contribution in [1.82, 2.24) is 9.97 Å². The van der Waals surface area contributed by atoms with Crippen molar-refractivity contribution in [2.45, 2.75) is 27.2 Å². The standard InChI is InChI=1S/C15H18BrN3/c1-4-9-17-14-10(2)11(3)18-15(19-14)12-7-5-6-8-13(12)16/h5-8H,4,9H2,1-3H3,(H,17,18,19). The first-order valence-electron chi connectivity index (χ1n) is 6.47. The molecule has 0 atom stereocenters. The van der Waals surface area contributed by atoms with Gasteiger partial charge in [0.2, 0.25) is 0 Å². The van der Waals surface area contributed by atoms with Crippen LogP contribution in [0.15, 0.2) is 28.7 Å². The molecule has 0 amide bonds. The van der Waals surface area contributed by atoms with Gasteiger partial charge in [-0.25, -0.2) is 9.97 Å². The number of hydrogen-bond donors (Lipinski definition) is 1. The second-order valence-corrected chi connectivity index (χ2v) is 5.37. The quantitative estimate of drug-likeness (QED) is 0.910. The maximum atomic E-state index is 4.65. The van der Waals surface area contributed by atoms with Crippen LogP contribution in [0, 0.1) is 13.8 Å². The molecule has 0 aliphatic carbocycles. The predicted molar refractivity (Wildman–Crippen MR) is 83.4 cm³/mol. The van der Waals surface area contributed by atoms with Gasteiger partial charge in [-0.05, 0) is 26.3 Å². The molecule has 0 radical (unpaired) electrons. The molecule has 1 heterocycles. The SMILES string of the molecule is CCCNc1nc(-c2ccccc2Br)nc(C)c1C. The van der Waals surface area contributed by atoms with E-state index in [0.29, 0.717) is 0 Å². The van der Waals surface area contributed by atoms with Crippen molar-refractivity contribution in [2.75, 3.05) is 11.9 Å². The third kappa shape index (κ3) is 3.13. The highest BCUT2D eigenvalue weighted by molar-refractivity contribution is 9.10. The second-order valence-electron chi connectivity index (χ2n) is 4.51. The van der Waals surface area contributed by atoms with Crippen molar-refractivity contribution in [3.8, 4) is 11.4 Å². The van der Waals surface area contributed by atoms with Crippen LogP contribution in [0.1, 0.15) is 24.6 Å². The summed E-state index contributed by atoms with van der Waals surface area (Å²) in [6.45, 7) is 7.14. The highest BCUT2D eigenvalue weighted by atomic mass is 79.9. The normalized spacial score (nSPS) is 10.5. The smallest absolute Gasteiger partial charge is 0.162 e. The van der Waals surface area contributed by atoms with E-state index in [0.717, 1.165) is 45.9 Å². The molecule has 2 aromatic rings. The van der Waals surface area contributed by atoms with Crippen molar-refractivity contribution in [1.29, 1.82) is 0 Å². The Morgan fingerprint density at radius 3 is 2.58 bits per heavy atom. The summed E-state index contributed by atoms with van der Waals surface area (Å²) in [5.74, 6) is 1.69. The van der Waals surface area contributed by atoms with Crippen molar-refractivity contribution in [3.63, 3.8) is 0 Å². The summed E-state index contributed by atoms with van der Waals surface area (Å²) in [6.07, 6.45) is 1.08. The van der Waals surface area contributed by atoms with Gasteiger partial charge in [-0.2, -0.15) is 0 Å². The van der Waals surface area contributed by atoms with Gasteiger partial charge in [0.05, 0.1) is 0 Å². The van der Waals surface area contributed by atoms with Gasteiger partial charge in [0.25, 0.3) is 0 Å². The number of aromatic nitrogens is 2. The number of aryl methyl sites for hydroxylation is 1. The molecule has 19 heavy (non-hydrogen) atoms. The zero-order valence-corrected chi connectivity index (χ0v) is 13.1. The largest absolute Gasteiger partial charge is 0.370 e. The van der Waals surface area contributed by atoms with Crippen LogP contribution < -0.4 is 5.32 Å². The van der Waals surface area contributed by atoms with Gasteiger partial charge in [-0.3, -0.25) is 0 Å². The first-order valence-corrected chi connectivity index (χ1v) is 7.26. The summed E-state index contributed by atoms with van der Waals surface area (Å²) in [4.78, 5) is 9.24. The molecular formula is C15H18BrN3. The molecule has 100 valence electrons. The summed E-state index contributed by atoms with van der Waals surface area (Å²) in [5.41, 5.74) is 3.15. The van der Waals surface area contributed by atoms with Gasteiger partial charge in [-0.15, -0.1) is 0 Å². The summed E-state index contributed by atoms with van der Waals surface area (Å²) < 4.78 is 1.01. The lowest BCUT2D eigenvalue weighted by atomic mass is 10.2. The molecule has 1 aromatic carbocycles. The van der Waals surface area contributed by atoms with Crippen LogP contribution in [0.5, 0.6) is 0 Å². The first kappa shape index (κ1) is 14.0. The summed E-state index contributed by atoms with van der Waals surface area (Å²) >= 11 is 3.55. The molecule has 0 unspecified atom stereocenters. The third-order valence-corrected chi connectivity index (χ3v) is 3.74. The molecule has 2 rings (SSSR count). The summed E-state index contributed by atoms with van der Waals surface area (Å²) in [5, 5.41) is 3.37. The van der Waals surface area contributed by atoms with E-state index in [1.54, 1.807) is 0 Å². The van der Waals surface area contributed by atoms with Crippen LogP contribution in [0.3, 0.4) is 0 Å². The Balaban J connectivity index is 2.47. The van der Waals surface area contributed by atoms with Crippen LogP contribution >= 0.6 is 15.9 Å². The van der Waals surface area contributed by atoms with E-state index >= 15 is 0 Å². The topological polar surface area (TPSA) is 37.8 Å². The molecule has 0 saturated heterocycles. The number of anilines is 1. The fourth-order valence-electron chi connectivity index (χ4n) is 1.81. The molecular weight excluding hydrogens is 302 g/mol. The van der Waals surface area contributed by atoms with Gasteiger partial charge in [0, 0.05) is 27.8 Å². The molecule has 0 bridgehead atoms. The van der Waals surface area contributed by atoms with E-state index < -0.39 is 0 Å². The number of halogens is 1. The van der Waals surface area contributed by atoms with E-state index in [4.69, 9.17) is 0 Å². The maximum absolute atomic E-state index is 4.65. The number of hydrogen-bond acceptors (Lipinski definition) is 3. The number of benzene rings is 1. The highest BCUT2D eigenvalue weighted by Crippen LogP contribution is 2.27. The zero-order valence-electron chi connectivity index (χ0n) is 11.5. The fourth-order valence-corrected chi connectivity index (χ4v) is 2.27. The van der Waals surface area contributed by atoms with Crippen LogP contribution in [-0.2, 0) is 0 Å². The Kier molecular flexibility index (Phi) is 4.53.